The summed E-state index contributed by atoms with van der Waals surface area (Å²) < 4.78 is 52.0. The van der Waals surface area contributed by atoms with Crippen LogP contribution in [0.5, 0.6) is 0 Å². The maximum absolute atomic E-state index is 13.2. The summed E-state index contributed by atoms with van der Waals surface area (Å²) in [5.74, 6) is -2.74. The highest BCUT2D eigenvalue weighted by molar-refractivity contribution is 7.89. The summed E-state index contributed by atoms with van der Waals surface area (Å²) in [6.07, 6.45) is 0.300. The molecule has 1 aromatic rings. The number of hydrogen-bond acceptors (Lipinski definition) is 3. The van der Waals surface area contributed by atoms with Crippen molar-refractivity contribution in [2.75, 3.05) is 13.1 Å². The van der Waals surface area contributed by atoms with E-state index >= 15 is 0 Å². The van der Waals surface area contributed by atoms with Crippen LogP contribution in [0.2, 0.25) is 0 Å². The zero-order valence-corrected chi connectivity index (χ0v) is 11.6. The maximum atomic E-state index is 13.2. The SMILES string of the molecule is CCC1C(=O)NCCN1S(=O)(=O)c1ccc(F)c(F)c1. The molecule has 1 atom stereocenters. The first-order chi connectivity index (χ1) is 9.37. The lowest BCUT2D eigenvalue weighted by Gasteiger charge is -2.33. The van der Waals surface area contributed by atoms with Crippen molar-refractivity contribution in [2.45, 2.75) is 24.3 Å². The van der Waals surface area contributed by atoms with Gasteiger partial charge in [0.1, 0.15) is 6.04 Å². The van der Waals surface area contributed by atoms with Gasteiger partial charge < -0.3 is 5.32 Å². The minimum atomic E-state index is -4.03. The number of sulfonamides is 1. The molecular weight excluding hydrogens is 290 g/mol. The lowest BCUT2D eigenvalue weighted by Crippen LogP contribution is -2.56. The molecule has 1 unspecified atom stereocenters. The van der Waals surface area contributed by atoms with E-state index in [1.807, 2.05) is 0 Å². The van der Waals surface area contributed by atoms with Gasteiger partial charge in [0.15, 0.2) is 11.6 Å². The number of nitrogens with zero attached hydrogens (tertiary/aromatic N) is 1. The lowest BCUT2D eigenvalue weighted by atomic mass is 10.2. The molecule has 2 rings (SSSR count). The van der Waals surface area contributed by atoms with Crippen LogP contribution < -0.4 is 5.32 Å². The predicted octanol–water partition coefficient (Wildman–Crippen LogP) is 0.864. The number of rotatable bonds is 3. The standard InChI is InChI=1S/C12H14F2N2O3S/c1-2-11-12(17)15-5-6-16(11)20(18,19)8-3-4-9(13)10(14)7-8/h3-4,7,11H,2,5-6H2,1H3,(H,15,17). The fraction of sp³-hybridized carbons (Fsp3) is 0.417. The Kier molecular flexibility index (Phi) is 4.05. The van der Waals surface area contributed by atoms with E-state index in [1.165, 1.54) is 0 Å². The van der Waals surface area contributed by atoms with E-state index in [-0.39, 0.29) is 23.9 Å². The number of benzene rings is 1. The summed E-state index contributed by atoms with van der Waals surface area (Å²) >= 11 is 0. The first-order valence-electron chi connectivity index (χ1n) is 6.12. The van der Waals surface area contributed by atoms with Crippen molar-refractivity contribution >= 4 is 15.9 Å². The third-order valence-electron chi connectivity index (χ3n) is 3.17. The number of halogens is 2. The van der Waals surface area contributed by atoms with Crippen molar-refractivity contribution < 1.29 is 22.0 Å². The fourth-order valence-corrected chi connectivity index (χ4v) is 3.82. The quantitative estimate of drug-likeness (QED) is 0.901. The number of carbonyl (C=O) groups excluding carboxylic acids is 1. The van der Waals surface area contributed by atoms with Crippen molar-refractivity contribution in [3.8, 4) is 0 Å². The van der Waals surface area contributed by atoms with Crippen LogP contribution in [0.25, 0.3) is 0 Å². The van der Waals surface area contributed by atoms with E-state index < -0.39 is 27.7 Å². The largest absolute Gasteiger partial charge is 0.353 e. The molecule has 5 nitrogen and oxygen atoms in total. The Morgan fingerprint density at radius 3 is 2.65 bits per heavy atom. The summed E-state index contributed by atoms with van der Waals surface area (Å²) in [7, 11) is -4.03. The molecule has 1 aliphatic rings. The lowest BCUT2D eigenvalue weighted by molar-refractivity contribution is -0.126. The Hall–Kier alpha value is -1.54. The Labute approximate surface area is 115 Å². The van der Waals surface area contributed by atoms with Gasteiger partial charge in [0.2, 0.25) is 15.9 Å². The number of hydrogen-bond donors (Lipinski definition) is 1. The second kappa shape index (κ2) is 5.45. The van der Waals surface area contributed by atoms with Gasteiger partial charge in [-0.2, -0.15) is 4.31 Å². The highest BCUT2D eigenvalue weighted by Crippen LogP contribution is 2.22. The zero-order valence-electron chi connectivity index (χ0n) is 10.8. The third kappa shape index (κ3) is 2.53. The zero-order chi connectivity index (χ0) is 14.9. The van der Waals surface area contributed by atoms with Crippen molar-refractivity contribution in [1.29, 1.82) is 0 Å². The molecule has 1 amide bonds. The first kappa shape index (κ1) is 14.9. The molecule has 1 saturated heterocycles. The molecule has 1 fully saturated rings. The summed E-state index contributed by atoms with van der Waals surface area (Å²) in [5.41, 5.74) is 0. The monoisotopic (exact) mass is 304 g/mol. The molecule has 20 heavy (non-hydrogen) atoms. The third-order valence-corrected chi connectivity index (χ3v) is 5.07. The molecule has 1 heterocycles. The number of amides is 1. The Morgan fingerprint density at radius 2 is 2.05 bits per heavy atom. The van der Waals surface area contributed by atoms with Gasteiger partial charge in [-0.05, 0) is 24.6 Å². The Balaban J connectivity index is 2.42. The van der Waals surface area contributed by atoms with E-state index in [4.69, 9.17) is 0 Å². The van der Waals surface area contributed by atoms with Gasteiger partial charge in [0.05, 0.1) is 4.90 Å². The average molecular weight is 304 g/mol. The van der Waals surface area contributed by atoms with E-state index in [9.17, 15) is 22.0 Å². The van der Waals surface area contributed by atoms with Gasteiger partial charge >= 0.3 is 0 Å². The molecular formula is C12H14F2N2O3S. The number of carbonyl (C=O) groups is 1. The van der Waals surface area contributed by atoms with Gasteiger partial charge in [0.25, 0.3) is 0 Å². The maximum Gasteiger partial charge on any atom is 0.243 e. The van der Waals surface area contributed by atoms with Gasteiger partial charge in [-0.3, -0.25) is 4.79 Å². The molecule has 0 aliphatic carbocycles. The van der Waals surface area contributed by atoms with Crippen LogP contribution in [-0.4, -0.2) is 37.8 Å². The number of piperazine rings is 1. The van der Waals surface area contributed by atoms with E-state index in [1.54, 1.807) is 6.92 Å². The second-order valence-electron chi connectivity index (χ2n) is 4.41. The van der Waals surface area contributed by atoms with Crippen LogP contribution in [0.1, 0.15) is 13.3 Å². The highest BCUT2D eigenvalue weighted by Gasteiger charge is 2.37. The fourth-order valence-electron chi connectivity index (χ4n) is 2.14. The van der Waals surface area contributed by atoms with Gasteiger partial charge in [0, 0.05) is 13.1 Å². The highest BCUT2D eigenvalue weighted by atomic mass is 32.2. The minimum absolute atomic E-state index is 0.103. The second-order valence-corrected chi connectivity index (χ2v) is 6.30. The molecule has 1 N–H and O–H groups in total. The molecule has 1 aromatic carbocycles. The molecule has 1 aliphatic heterocycles. The summed E-state index contributed by atoms with van der Waals surface area (Å²) in [6, 6.07) is 1.55. The predicted molar refractivity (Wildman–Crippen MR) is 67.3 cm³/mol. The molecule has 8 heteroatoms. The van der Waals surface area contributed by atoms with Crippen LogP contribution in [0, 0.1) is 11.6 Å². The summed E-state index contributed by atoms with van der Waals surface area (Å²) in [6.45, 7) is 1.98. The molecule has 0 saturated carbocycles. The minimum Gasteiger partial charge on any atom is -0.353 e. The van der Waals surface area contributed by atoms with E-state index in [0.29, 0.717) is 12.5 Å². The molecule has 0 spiro atoms. The van der Waals surface area contributed by atoms with Crippen molar-refractivity contribution in [3.05, 3.63) is 29.8 Å². The van der Waals surface area contributed by atoms with E-state index in [0.717, 1.165) is 16.4 Å². The normalized spacial score (nSPS) is 20.8. The van der Waals surface area contributed by atoms with Crippen LogP contribution in [0.4, 0.5) is 8.78 Å². The van der Waals surface area contributed by atoms with Crippen molar-refractivity contribution in [1.82, 2.24) is 9.62 Å². The summed E-state index contributed by atoms with van der Waals surface area (Å²) in [5, 5.41) is 2.58. The Bertz CT molecular complexity index is 634. The van der Waals surface area contributed by atoms with Crippen LogP contribution in [-0.2, 0) is 14.8 Å². The average Bonchev–Trinajstić information content (AvgIpc) is 2.41. The van der Waals surface area contributed by atoms with Crippen LogP contribution >= 0.6 is 0 Å². The molecule has 0 radical (unpaired) electrons. The molecule has 110 valence electrons. The van der Waals surface area contributed by atoms with Crippen LogP contribution in [0.15, 0.2) is 23.1 Å². The van der Waals surface area contributed by atoms with Crippen molar-refractivity contribution in [2.24, 2.45) is 0 Å². The molecule has 0 aromatic heterocycles. The van der Waals surface area contributed by atoms with E-state index in [2.05, 4.69) is 5.32 Å². The summed E-state index contributed by atoms with van der Waals surface area (Å²) in [4.78, 5) is 11.3. The van der Waals surface area contributed by atoms with Gasteiger partial charge in [-0.25, -0.2) is 17.2 Å². The first-order valence-corrected chi connectivity index (χ1v) is 7.56. The van der Waals surface area contributed by atoms with Gasteiger partial charge in [-0.15, -0.1) is 0 Å². The van der Waals surface area contributed by atoms with Gasteiger partial charge in [-0.1, -0.05) is 6.92 Å². The van der Waals surface area contributed by atoms with Crippen LogP contribution in [0.3, 0.4) is 0 Å². The van der Waals surface area contributed by atoms with Crippen molar-refractivity contribution in [3.63, 3.8) is 0 Å². The topological polar surface area (TPSA) is 66.5 Å². The smallest absolute Gasteiger partial charge is 0.243 e. The number of nitrogens with one attached hydrogen (secondary N) is 1. The molecule has 0 bridgehead atoms. The Morgan fingerprint density at radius 1 is 1.35 bits per heavy atom.